The summed E-state index contributed by atoms with van der Waals surface area (Å²) in [6.45, 7) is 4.63. The summed E-state index contributed by atoms with van der Waals surface area (Å²) in [7, 11) is 0. The molecule has 1 aliphatic rings. The van der Waals surface area contributed by atoms with E-state index in [0.717, 1.165) is 17.8 Å². The fraction of sp³-hybridized carbons (Fsp3) is 0.538. The number of hydrogen-bond donors (Lipinski definition) is 0. The molecule has 0 aliphatic carbocycles. The molecular formula is C13H17Br2N. The highest BCUT2D eigenvalue weighted by molar-refractivity contribution is 9.10. The molecule has 1 aromatic carbocycles. The summed E-state index contributed by atoms with van der Waals surface area (Å²) in [5.74, 6) is 0.807. The summed E-state index contributed by atoms with van der Waals surface area (Å²) in [6, 6.07) is 9.20. The molecule has 1 saturated heterocycles. The molecule has 2 unspecified atom stereocenters. The van der Waals surface area contributed by atoms with E-state index in [4.69, 9.17) is 0 Å². The molecule has 0 aromatic heterocycles. The Balaban J connectivity index is 2.08. The van der Waals surface area contributed by atoms with Crippen LogP contribution in [-0.4, -0.2) is 22.8 Å². The van der Waals surface area contributed by atoms with Gasteiger partial charge in [0.25, 0.3) is 0 Å². The van der Waals surface area contributed by atoms with Gasteiger partial charge in [-0.15, -0.1) is 0 Å². The standard InChI is InChI=1S/C13H17Br2N/c1-10-6-7-16(13(10)8-14)9-11-4-2-3-5-12(11)15/h2-5,10,13H,6-9H2,1H3. The lowest BCUT2D eigenvalue weighted by Gasteiger charge is -2.25. The third-order valence-corrected chi connectivity index (χ3v) is 4.92. The van der Waals surface area contributed by atoms with Gasteiger partial charge >= 0.3 is 0 Å². The molecule has 0 spiro atoms. The lowest BCUT2D eigenvalue weighted by Crippen LogP contribution is -2.33. The van der Waals surface area contributed by atoms with Gasteiger partial charge in [0.05, 0.1) is 0 Å². The number of hydrogen-bond acceptors (Lipinski definition) is 1. The maximum atomic E-state index is 3.64. The predicted octanol–water partition coefficient (Wildman–Crippen LogP) is 4.05. The topological polar surface area (TPSA) is 3.24 Å². The number of benzene rings is 1. The van der Waals surface area contributed by atoms with Crippen LogP contribution in [0.15, 0.2) is 28.7 Å². The molecule has 0 saturated carbocycles. The molecule has 0 amide bonds. The van der Waals surface area contributed by atoms with Gasteiger partial charge in [0.1, 0.15) is 0 Å². The number of alkyl halides is 1. The summed E-state index contributed by atoms with van der Waals surface area (Å²) in [4.78, 5) is 2.58. The number of rotatable bonds is 3. The largest absolute Gasteiger partial charge is 0.295 e. The van der Waals surface area contributed by atoms with Gasteiger partial charge in [0, 0.05) is 22.4 Å². The predicted molar refractivity (Wildman–Crippen MR) is 75.9 cm³/mol. The molecule has 1 fully saturated rings. The Labute approximate surface area is 114 Å². The number of likely N-dealkylation sites (tertiary alicyclic amines) is 1. The summed E-state index contributed by atoms with van der Waals surface area (Å²) < 4.78 is 1.22. The second kappa shape index (κ2) is 5.65. The first-order valence-corrected chi connectivity index (χ1v) is 7.67. The third-order valence-electron chi connectivity index (χ3n) is 3.49. The molecule has 1 nitrogen and oxygen atoms in total. The summed E-state index contributed by atoms with van der Waals surface area (Å²) >= 11 is 7.26. The van der Waals surface area contributed by atoms with Crippen molar-refractivity contribution in [3.05, 3.63) is 34.3 Å². The molecule has 2 atom stereocenters. The maximum Gasteiger partial charge on any atom is 0.0248 e. The fourth-order valence-electron chi connectivity index (χ4n) is 2.38. The van der Waals surface area contributed by atoms with Crippen LogP contribution in [0.2, 0.25) is 0 Å². The van der Waals surface area contributed by atoms with E-state index < -0.39 is 0 Å². The highest BCUT2D eigenvalue weighted by Gasteiger charge is 2.30. The van der Waals surface area contributed by atoms with Crippen LogP contribution in [0.4, 0.5) is 0 Å². The Kier molecular flexibility index (Phi) is 4.45. The quantitative estimate of drug-likeness (QED) is 0.746. The van der Waals surface area contributed by atoms with Crippen LogP contribution in [0.25, 0.3) is 0 Å². The Morgan fingerprint density at radius 1 is 1.38 bits per heavy atom. The van der Waals surface area contributed by atoms with Gasteiger partial charge in [-0.25, -0.2) is 0 Å². The van der Waals surface area contributed by atoms with Gasteiger partial charge < -0.3 is 0 Å². The Morgan fingerprint density at radius 3 is 2.81 bits per heavy atom. The molecule has 16 heavy (non-hydrogen) atoms. The molecule has 0 N–H and O–H groups in total. The second-order valence-electron chi connectivity index (χ2n) is 4.55. The first kappa shape index (κ1) is 12.6. The molecule has 3 heteroatoms. The lowest BCUT2D eigenvalue weighted by molar-refractivity contribution is 0.244. The van der Waals surface area contributed by atoms with Gasteiger partial charge in [-0.2, -0.15) is 0 Å². The Hall–Kier alpha value is 0.140. The summed E-state index contributed by atoms with van der Waals surface area (Å²) in [5, 5.41) is 1.08. The first-order valence-electron chi connectivity index (χ1n) is 5.75. The third kappa shape index (κ3) is 2.69. The lowest BCUT2D eigenvalue weighted by atomic mass is 10.1. The van der Waals surface area contributed by atoms with Crippen LogP contribution in [0, 0.1) is 5.92 Å². The highest BCUT2D eigenvalue weighted by Crippen LogP contribution is 2.28. The van der Waals surface area contributed by atoms with Crippen LogP contribution in [0.3, 0.4) is 0 Å². The van der Waals surface area contributed by atoms with Crippen molar-refractivity contribution >= 4 is 31.9 Å². The van der Waals surface area contributed by atoms with Gasteiger partial charge in [-0.05, 0) is 30.5 Å². The van der Waals surface area contributed by atoms with E-state index in [9.17, 15) is 0 Å². The van der Waals surface area contributed by atoms with E-state index in [-0.39, 0.29) is 0 Å². The van der Waals surface area contributed by atoms with E-state index in [1.807, 2.05) is 0 Å². The summed E-state index contributed by atoms with van der Waals surface area (Å²) in [6.07, 6.45) is 1.32. The van der Waals surface area contributed by atoms with Gasteiger partial charge in [-0.3, -0.25) is 4.90 Å². The molecule has 1 aromatic rings. The molecular weight excluding hydrogens is 330 g/mol. The van der Waals surface area contributed by atoms with E-state index in [1.54, 1.807) is 0 Å². The van der Waals surface area contributed by atoms with Crippen molar-refractivity contribution in [2.75, 3.05) is 11.9 Å². The first-order chi connectivity index (χ1) is 7.72. The average Bonchev–Trinajstić information content (AvgIpc) is 2.63. The molecule has 1 aliphatic heterocycles. The van der Waals surface area contributed by atoms with Crippen molar-refractivity contribution in [1.29, 1.82) is 0 Å². The van der Waals surface area contributed by atoms with Crippen LogP contribution in [0.5, 0.6) is 0 Å². The number of halogens is 2. The van der Waals surface area contributed by atoms with Crippen molar-refractivity contribution in [1.82, 2.24) is 4.90 Å². The normalized spacial score (nSPS) is 26.2. The summed E-state index contributed by atoms with van der Waals surface area (Å²) in [5.41, 5.74) is 1.39. The van der Waals surface area contributed by atoms with E-state index >= 15 is 0 Å². The van der Waals surface area contributed by atoms with Gasteiger partial charge in [0.15, 0.2) is 0 Å². The fourth-order valence-corrected chi connectivity index (χ4v) is 3.84. The van der Waals surface area contributed by atoms with Crippen LogP contribution >= 0.6 is 31.9 Å². The van der Waals surface area contributed by atoms with E-state index in [0.29, 0.717) is 6.04 Å². The van der Waals surface area contributed by atoms with Crippen molar-refractivity contribution in [2.45, 2.75) is 25.9 Å². The SMILES string of the molecule is CC1CCN(Cc2ccccc2Br)C1CBr. The molecule has 0 bridgehead atoms. The Morgan fingerprint density at radius 2 is 2.12 bits per heavy atom. The van der Waals surface area contributed by atoms with Crippen molar-refractivity contribution in [2.24, 2.45) is 5.92 Å². The van der Waals surface area contributed by atoms with Crippen LogP contribution < -0.4 is 0 Å². The minimum atomic E-state index is 0.687. The highest BCUT2D eigenvalue weighted by atomic mass is 79.9. The van der Waals surface area contributed by atoms with Gasteiger partial charge in [0.2, 0.25) is 0 Å². The van der Waals surface area contributed by atoms with Crippen molar-refractivity contribution in [3.63, 3.8) is 0 Å². The average molecular weight is 347 g/mol. The minimum Gasteiger partial charge on any atom is -0.295 e. The zero-order chi connectivity index (χ0) is 11.5. The van der Waals surface area contributed by atoms with Crippen LogP contribution in [0.1, 0.15) is 18.9 Å². The molecule has 88 valence electrons. The second-order valence-corrected chi connectivity index (χ2v) is 6.05. The zero-order valence-corrected chi connectivity index (χ0v) is 12.7. The smallest absolute Gasteiger partial charge is 0.0248 e. The monoisotopic (exact) mass is 345 g/mol. The number of nitrogens with zero attached hydrogens (tertiary/aromatic N) is 1. The van der Waals surface area contributed by atoms with E-state index in [1.165, 1.54) is 23.0 Å². The molecule has 1 heterocycles. The molecule has 0 radical (unpaired) electrons. The van der Waals surface area contributed by atoms with Crippen LogP contribution in [-0.2, 0) is 6.54 Å². The Bertz CT molecular complexity index is 354. The minimum absolute atomic E-state index is 0.687. The van der Waals surface area contributed by atoms with Crippen molar-refractivity contribution in [3.8, 4) is 0 Å². The molecule has 2 rings (SSSR count). The maximum absolute atomic E-state index is 3.64. The van der Waals surface area contributed by atoms with Crippen molar-refractivity contribution < 1.29 is 0 Å². The van der Waals surface area contributed by atoms with E-state index in [2.05, 4.69) is 67.9 Å². The zero-order valence-electron chi connectivity index (χ0n) is 9.50. The van der Waals surface area contributed by atoms with Gasteiger partial charge in [-0.1, -0.05) is 57.0 Å².